The first-order valence-corrected chi connectivity index (χ1v) is 6.33. The lowest BCUT2D eigenvalue weighted by Crippen LogP contribution is -2.18. The summed E-state index contributed by atoms with van der Waals surface area (Å²) in [5, 5.41) is 0. The smallest absolute Gasteiger partial charge is 0.0470 e. The summed E-state index contributed by atoms with van der Waals surface area (Å²) in [5.41, 5.74) is 3.88. The monoisotopic (exact) mass is 227 g/mol. The average molecular weight is 227 g/mol. The fraction of sp³-hybridized carbons (Fsp3) is 0.429. The quantitative estimate of drug-likeness (QED) is 0.776. The molecular formula is C14H17N3. The molecule has 0 spiro atoms. The van der Waals surface area contributed by atoms with Crippen LogP contribution in [0.3, 0.4) is 0 Å². The predicted molar refractivity (Wildman–Crippen MR) is 71.6 cm³/mol. The molecule has 3 rings (SSSR count). The zero-order chi connectivity index (χ0) is 11.5. The molecule has 0 radical (unpaired) electrons. The molecule has 0 bridgehead atoms. The van der Waals surface area contributed by atoms with Crippen LogP contribution in [0.2, 0.25) is 0 Å². The number of hydrogen-bond donors (Lipinski definition) is 0. The minimum absolute atomic E-state index is 0.936. The number of aliphatic imine (C=N–C) groups is 1. The van der Waals surface area contributed by atoms with Crippen molar-refractivity contribution in [1.29, 1.82) is 0 Å². The minimum Gasteiger partial charge on any atom is -0.371 e. The highest BCUT2D eigenvalue weighted by Gasteiger charge is 2.15. The van der Waals surface area contributed by atoms with Crippen LogP contribution in [0.25, 0.3) is 6.08 Å². The normalized spacial score (nSPS) is 21.6. The van der Waals surface area contributed by atoms with Crippen molar-refractivity contribution in [1.82, 2.24) is 4.98 Å². The van der Waals surface area contributed by atoms with Crippen LogP contribution in [0.15, 0.2) is 29.0 Å². The van der Waals surface area contributed by atoms with Crippen molar-refractivity contribution in [3.8, 4) is 0 Å². The van der Waals surface area contributed by atoms with Gasteiger partial charge in [0.2, 0.25) is 0 Å². The second-order valence-electron chi connectivity index (χ2n) is 4.63. The highest BCUT2D eigenvalue weighted by Crippen LogP contribution is 2.26. The fourth-order valence-electron chi connectivity index (χ4n) is 2.51. The maximum Gasteiger partial charge on any atom is 0.0470 e. The van der Waals surface area contributed by atoms with Gasteiger partial charge < -0.3 is 4.90 Å². The summed E-state index contributed by atoms with van der Waals surface area (Å²) in [6.07, 6.45) is 11.7. The lowest BCUT2D eigenvalue weighted by atomic mass is 10.1. The Morgan fingerprint density at radius 3 is 2.88 bits per heavy atom. The van der Waals surface area contributed by atoms with E-state index in [0.29, 0.717) is 0 Å². The third-order valence-electron chi connectivity index (χ3n) is 3.40. The number of aromatic nitrogens is 1. The maximum atomic E-state index is 4.26. The van der Waals surface area contributed by atoms with Crippen LogP contribution >= 0.6 is 0 Å². The fourth-order valence-corrected chi connectivity index (χ4v) is 2.51. The molecule has 1 aromatic heterocycles. The van der Waals surface area contributed by atoms with Crippen LogP contribution in [0, 0.1) is 0 Å². The molecular weight excluding hydrogens is 210 g/mol. The largest absolute Gasteiger partial charge is 0.371 e. The lowest BCUT2D eigenvalue weighted by Gasteiger charge is -2.19. The Hall–Kier alpha value is -1.64. The van der Waals surface area contributed by atoms with Gasteiger partial charge in [-0.3, -0.25) is 9.98 Å². The molecule has 0 N–H and O–H groups in total. The minimum atomic E-state index is 0.936. The van der Waals surface area contributed by atoms with Crippen LogP contribution < -0.4 is 4.90 Å². The summed E-state index contributed by atoms with van der Waals surface area (Å²) in [5.74, 6) is 0. The van der Waals surface area contributed by atoms with E-state index in [-0.39, 0.29) is 0 Å². The van der Waals surface area contributed by atoms with Gasteiger partial charge in [0.05, 0.1) is 0 Å². The molecule has 0 saturated carbocycles. The third kappa shape index (κ3) is 2.23. The molecule has 3 nitrogen and oxygen atoms in total. The van der Waals surface area contributed by atoms with Gasteiger partial charge in [-0.2, -0.15) is 0 Å². The predicted octanol–water partition coefficient (Wildman–Crippen LogP) is 2.54. The van der Waals surface area contributed by atoms with Crippen LogP contribution in [0.1, 0.15) is 24.8 Å². The van der Waals surface area contributed by atoms with Gasteiger partial charge in [0.15, 0.2) is 0 Å². The molecule has 3 heterocycles. The first-order valence-electron chi connectivity index (χ1n) is 6.33. The number of hydrogen-bond acceptors (Lipinski definition) is 3. The summed E-state index contributed by atoms with van der Waals surface area (Å²) < 4.78 is 0. The molecule has 1 fully saturated rings. The van der Waals surface area contributed by atoms with Crippen molar-refractivity contribution in [2.45, 2.75) is 19.3 Å². The molecule has 1 aromatic rings. The van der Waals surface area contributed by atoms with E-state index < -0.39 is 0 Å². The van der Waals surface area contributed by atoms with E-state index in [1.807, 2.05) is 18.6 Å². The Morgan fingerprint density at radius 1 is 1.24 bits per heavy atom. The molecule has 17 heavy (non-hydrogen) atoms. The second kappa shape index (κ2) is 4.70. The summed E-state index contributed by atoms with van der Waals surface area (Å²) in [7, 11) is 0. The van der Waals surface area contributed by atoms with Crippen LogP contribution in [-0.4, -0.2) is 30.8 Å². The zero-order valence-corrected chi connectivity index (χ0v) is 9.97. The van der Waals surface area contributed by atoms with Gasteiger partial charge in [0.1, 0.15) is 0 Å². The zero-order valence-electron chi connectivity index (χ0n) is 9.97. The first kappa shape index (κ1) is 10.5. The van der Waals surface area contributed by atoms with Gasteiger partial charge in [-0.25, -0.2) is 0 Å². The van der Waals surface area contributed by atoms with E-state index in [1.165, 1.54) is 42.8 Å². The highest BCUT2D eigenvalue weighted by atomic mass is 15.1. The van der Waals surface area contributed by atoms with E-state index in [9.17, 15) is 0 Å². The maximum absolute atomic E-state index is 4.26. The van der Waals surface area contributed by atoms with Crippen molar-refractivity contribution in [2.75, 3.05) is 24.5 Å². The summed E-state index contributed by atoms with van der Waals surface area (Å²) >= 11 is 0. The first-order chi connectivity index (χ1) is 8.43. The van der Waals surface area contributed by atoms with Crippen molar-refractivity contribution in [2.24, 2.45) is 4.99 Å². The molecule has 1 saturated heterocycles. The molecule has 0 unspecified atom stereocenters. The molecule has 3 heteroatoms. The molecule has 88 valence electrons. The number of pyridine rings is 1. The van der Waals surface area contributed by atoms with Gasteiger partial charge in [0.25, 0.3) is 0 Å². The Balaban J connectivity index is 1.92. The Bertz CT molecular complexity index is 456. The summed E-state index contributed by atoms with van der Waals surface area (Å²) in [6.45, 7) is 3.29. The van der Waals surface area contributed by atoms with Crippen molar-refractivity contribution >= 4 is 18.0 Å². The number of rotatable bonds is 2. The molecule has 0 aromatic carbocycles. The lowest BCUT2D eigenvalue weighted by molar-refractivity contribution is 0.949. The second-order valence-corrected chi connectivity index (χ2v) is 4.63. The van der Waals surface area contributed by atoms with Crippen molar-refractivity contribution < 1.29 is 0 Å². The van der Waals surface area contributed by atoms with E-state index >= 15 is 0 Å². The average Bonchev–Trinajstić information content (AvgIpc) is 3.01. The van der Waals surface area contributed by atoms with E-state index in [0.717, 1.165) is 13.0 Å². The van der Waals surface area contributed by atoms with Gasteiger partial charge in [-0.15, -0.1) is 0 Å². The molecule has 2 aliphatic heterocycles. The van der Waals surface area contributed by atoms with Crippen molar-refractivity contribution in [3.63, 3.8) is 0 Å². The van der Waals surface area contributed by atoms with Gasteiger partial charge in [0, 0.05) is 49.5 Å². The summed E-state index contributed by atoms with van der Waals surface area (Å²) in [4.78, 5) is 11.0. The standard InChI is InChI=1S/C14H17N3/c1-2-8-17(7-1)14-4-6-16-11-13(14)9-12-3-5-15-10-12/h4,6,9-11H,1-3,5,7-8H2. The Morgan fingerprint density at radius 2 is 2.12 bits per heavy atom. The van der Waals surface area contributed by atoms with Crippen LogP contribution in [0.4, 0.5) is 5.69 Å². The van der Waals surface area contributed by atoms with Crippen molar-refractivity contribution in [3.05, 3.63) is 29.6 Å². The van der Waals surface area contributed by atoms with Gasteiger partial charge >= 0.3 is 0 Å². The third-order valence-corrected chi connectivity index (χ3v) is 3.40. The Labute approximate surface area is 102 Å². The SMILES string of the molecule is C1=NCCC1=Cc1cnccc1N1CCCC1. The number of anilines is 1. The number of nitrogens with zero attached hydrogens (tertiary/aromatic N) is 3. The van der Waals surface area contributed by atoms with Gasteiger partial charge in [-0.05, 0) is 37.0 Å². The van der Waals surface area contributed by atoms with E-state index in [1.54, 1.807) is 0 Å². The molecule has 0 atom stereocenters. The van der Waals surface area contributed by atoms with Crippen LogP contribution in [-0.2, 0) is 0 Å². The molecule has 0 aliphatic carbocycles. The summed E-state index contributed by atoms with van der Waals surface area (Å²) in [6, 6.07) is 2.13. The van der Waals surface area contributed by atoms with Crippen LogP contribution in [0.5, 0.6) is 0 Å². The topological polar surface area (TPSA) is 28.5 Å². The Kier molecular flexibility index (Phi) is 2.90. The molecule has 2 aliphatic rings. The van der Waals surface area contributed by atoms with Gasteiger partial charge in [-0.1, -0.05) is 0 Å². The van der Waals surface area contributed by atoms with E-state index in [2.05, 4.69) is 27.0 Å². The highest BCUT2D eigenvalue weighted by molar-refractivity contribution is 5.88. The van der Waals surface area contributed by atoms with E-state index in [4.69, 9.17) is 0 Å². The molecule has 0 amide bonds.